The molecule has 7 nitrogen and oxygen atoms in total. The van der Waals surface area contributed by atoms with Gasteiger partial charge in [0.25, 0.3) is 5.56 Å². The second kappa shape index (κ2) is 6.86. The number of pyridine rings is 2. The monoisotopic (exact) mass is 389 g/mol. The largest absolute Gasteiger partial charge is 0.477 e. The van der Waals surface area contributed by atoms with Crippen molar-refractivity contribution in [3.05, 3.63) is 45.1 Å². The predicted molar refractivity (Wildman–Crippen MR) is 103 cm³/mol. The zero-order valence-electron chi connectivity index (χ0n) is 15.7. The van der Waals surface area contributed by atoms with Crippen molar-refractivity contribution >= 4 is 17.2 Å². The van der Waals surface area contributed by atoms with E-state index >= 15 is 4.39 Å². The molecular formula is C20H24FN3O4. The van der Waals surface area contributed by atoms with Crippen LogP contribution in [0.15, 0.2) is 17.1 Å². The molecule has 3 heterocycles. The molecule has 4 rings (SSSR count). The number of halogens is 1. The number of anilines is 1. The molecule has 2 fully saturated rings. The van der Waals surface area contributed by atoms with Gasteiger partial charge < -0.3 is 20.8 Å². The topological polar surface area (TPSA) is 108 Å². The van der Waals surface area contributed by atoms with E-state index in [2.05, 4.69) is 0 Å². The number of carbonyl (C=O) groups is 1. The number of rotatable bonds is 5. The molecule has 0 aromatic carbocycles. The molecule has 2 aromatic heterocycles. The van der Waals surface area contributed by atoms with Gasteiger partial charge >= 0.3 is 5.97 Å². The van der Waals surface area contributed by atoms with Crippen LogP contribution in [0.2, 0.25) is 0 Å². The van der Waals surface area contributed by atoms with Crippen molar-refractivity contribution in [2.24, 2.45) is 11.7 Å². The third-order valence-electron chi connectivity index (χ3n) is 6.05. The number of aliphatic hydroxyl groups excluding tert-OH is 1. The Bertz CT molecular complexity index is 1010. The fourth-order valence-electron chi connectivity index (χ4n) is 4.38. The van der Waals surface area contributed by atoms with E-state index in [0.29, 0.717) is 29.9 Å². The van der Waals surface area contributed by atoms with Crippen LogP contribution in [-0.2, 0) is 0 Å². The summed E-state index contributed by atoms with van der Waals surface area (Å²) in [5.74, 6) is -1.60. The number of aryl methyl sites for hydroxylation is 1. The van der Waals surface area contributed by atoms with Crippen LogP contribution in [0.1, 0.15) is 46.7 Å². The maximum atomic E-state index is 15.1. The van der Waals surface area contributed by atoms with Gasteiger partial charge in [-0.15, -0.1) is 0 Å². The fraction of sp³-hybridized carbons (Fsp3) is 0.500. The molecule has 0 bridgehead atoms. The van der Waals surface area contributed by atoms with Crippen molar-refractivity contribution in [2.75, 3.05) is 24.6 Å². The zero-order chi connectivity index (χ0) is 20.2. The molecular weight excluding hydrogens is 365 g/mol. The molecule has 1 aliphatic carbocycles. The maximum absolute atomic E-state index is 15.1. The number of nitrogens with two attached hydrogens (primary N) is 1. The number of nitrogens with zero attached hydrogens (tertiary/aromatic N) is 2. The van der Waals surface area contributed by atoms with Gasteiger partial charge in [0.1, 0.15) is 5.56 Å². The lowest BCUT2D eigenvalue weighted by Gasteiger charge is -2.25. The summed E-state index contributed by atoms with van der Waals surface area (Å²) in [7, 11) is 0. The molecule has 1 saturated carbocycles. The Labute approximate surface area is 161 Å². The lowest BCUT2D eigenvalue weighted by molar-refractivity contribution is 0.0694. The second-order valence-corrected chi connectivity index (χ2v) is 7.91. The first-order chi connectivity index (χ1) is 13.3. The van der Waals surface area contributed by atoms with Crippen LogP contribution in [0.5, 0.6) is 0 Å². The number of hydrogen-bond donors (Lipinski definition) is 3. The molecule has 4 N–H and O–H groups in total. The molecule has 0 radical (unpaired) electrons. The third-order valence-corrected chi connectivity index (χ3v) is 6.05. The number of aromatic nitrogens is 1. The maximum Gasteiger partial charge on any atom is 0.341 e. The van der Waals surface area contributed by atoms with Crippen LogP contribution >= 0.6 is 0 Å². The van der Waals surface area contributed by atoms with Gasteiger partial charge in [-0.1, -0.05) is 0 Å². The Hall–Kier alpha value is -2.45. The van der Waals surface area contributed by atoms with Crippen molar-refractivity contribution in [2.45, 2.75) is 38.1 Å². The highest BCUT2D eigenvalue weighted by atomic mass is 19.1. The number of carboxylic acids is 1. The first-order valence-electron chi connectivity index (χ1n) is 9.56. The molecule has 2 aliphatic rings. The average Bonchev–Trinajstić information content (AvgIpc) is 3.39. The molecule has 2 atom stereocenters. The van der Waals surface area contributed by atoms with Crippen LogP contribution in [0.4, 0.5) is 10.1 Å². The number of aliphatic hydroxyl groups is 1. The van der Waals surface area contributed by atoms with Gasteiger partial charge in [-0.2, -0.15) is 0 Å². The number of fused-ring (bicyclic) bond motifs is 1. The summed E-state index contributed by atoms with van der Waals surface area (Å²) in [6, 6.07) is 1.11. The van der Waals surface area contributed by atoms with Crippen LogP contribution in [0.25, 0.3) is 5.52 Å². The van der Waals surface area contributed by atoms with Gasteiger partial charge in [-0.3, -0.25) is 9.20 Å². The van der Waals surface area contributed by atoms with Crippen LogP contribution < -0.4 is 16.2 Å². The quantitative estimate of drug-likeness (QED) is 0.715. The Kier molecular flexibility index (Phi) is 4.63. The second-order valence-electron chi connectivity index (χ2n) is 7.91. The molecule has 0 spiro atoms. The van der Waals surface area contributed by atoms with E-state index in [4.69, 9.17) is 5.73 Å². The van der Waals surface area contributed by atoms with Gasteiger partial charge in [0.05, 0.1) is 24.0 Å². The van der Waals surface area contributed by atoms with Gasteiger partial charge in [0, 0.05) is 19.1 Å². The Morgan fingerprint density at radius 1 is 1.39 bits per heavy atom. The van der Waals surface area contributed by atoms with Crippen molar-refractivity contribution in [1.29, 1.82) is 0 Å². The number of carboxylic acid groups (broad SMARTS) is 1. The number of aromatic carboxylic acids is 1. The molecule has 1 unspecified atom stereocenters. The summed E-state index contributed by atoms with van der Waals surface area (Å²) in [5.41, 5.74) is 7.35. The predicted octanol–water partition coefficient (Wildman–Crippen LogP) is 1.47. The SMILES string of the molecule is Cc1c(N2CCC([C@@H](N)CO)C2)c(F)cn2c(=O)c(C(=O)O)cc(C3CC3)c12. The highest BCUT2D eigenvalue weighted by molar-refractivity contribution is 5.89. The first-order valence-corrected chi connectivity index (χ1v) is 9.56. The summed E-state index contributed by atoms with van der Waals surface area (Å²) in [4.78, 5) is 26.0. The minimum Gasteiger partial charge on any atom is -0.477 e. The summed E-state index contributed by atoms with van der Waals surface area (Å²) in [6.45, 7) is 2.81. The van der Waals surface area contributed by atoms with E-state index in [1.807, 2.05) is 4.90 Å². The molecule has 1 saturated heterocycles. The van der Waals surface area contributed by atoms with Gasteiger partial charge in [-0.05, 0) is 55.2 Å². The summed E-state index contributed by atoms with van der Waals surface area (Å²) in [5, 5.41) is 18.7. The smallest absolute Gasteiger partial charge is 0.341 e. The average molecular weight is 389 g/mol. The van der Waals surface area contributed by atoms with Crippen LogP contribution in [0, 0.1) is 18.7 Å². The van der Waals surface area contributed by atoms with Crippen LogP contribution in [-0.4, -0.2) is 46.3 Å². The standard InChI is InChI=1S/C20H24FN3O4/c1-10-17-13(11-2-3-11)6-14(20(27)28)19(26)24(17)8-15(21)18(10)23-5-4-12(7-23)16(22)9-25/h6,8,11-12,16,25H,2-5,7,9,22H2,1H3,(H,27,28)/t12?,16-/m0/s1. The third kappa shape index (κ3) is 2.97. The van der Waals surface area contributed by atoms with E-state index in [9.17, 15) is 19.8 Å². The van der Waals surface area contributed by atoms with E-state index in [1.54, 1.807) is 6.92 Å². The fourth-order valence-corrected chi connectivity index (χ4v) is 4.38. The van der Waals surface area contributed by atoms with Gasteiger partial charge in [0.2, 0.25) is 0 Å². The minimum atomic E-state index is -1.30. The van der Waals surface area contributed by atoms with Crippen LogP contribution in [0.3, 0.4) is 0 Å². The lowest BCUT2D eigenvalue weighted by Crippen LogP contribution is -2.36. The molecule has 1 aliphatic heterocycles. The van der Waals surface area contributed by atoms with E-state index in [1.165, 1.54) is 6.07 Å². The highest BCUT2D eigenvalue weighted by Crippen LogP contribution is 2.44. The van der Waals surface area contributed by atoms with Crippen molar-refractivity contribution in [1.82, 2.24) is 4.40 Å². The highest BCUT2D eigenvalue weighted by Gasteiger charge is 2.33. The molecule has 8 heteroatoms. The zero-order valence-corrected chi connectivity index (χ0v) is 15.7. The summed E-state index contributed by atoms with van der Waals surface area (Å²) >= 11 is 0. The van der Waals surface area contributed by atoms with Crippen molar-refractivity contribution in [3.63, 3.8) is 0 Å². The van der Waals surface area contributed by atoms with E-state index < -0.39 is 17.3 Å². The minimum absolute atomic E-state index is 0.0690. The number of hydrogen-bond acceptors (Lipinski definition) is 5. The Morgan fingerprint density at radius 3 is 2.71 bits per heavy atom. The van der Waals surface area contributed by atoms with Crippen molar-refractivity contribution < 1.29 is 19.4 Å². The normalized spacial score (nSPS) is 20.7. The van der Waals surface area contributed by atoms with Crippen molar-refractivity contribution in [3.8, 4) is 0 Å². The lowest BCUT2D eigenvalue weighted by atomic mass is 10.0. The van der Waals surface area contributed by atoms with E-state index in [-0.39, 0.29) is 30.0 Å². The molecule has 2 aromatic rings. The summed E-state index contributed by atoms with van der Waals surface area (Å²) in [6.07, 6.45) is 3.72. The molecule has 150 valence electrons. The molecule has 28 heavy (non-hydrogen) atoms. The Balaban J connectivity index is 1.89. The van der Waals surface area contributed by atoms with Gasteiger partial charge in [-0.25, -0.2) is 9.18 Å². The summed E-state index contributed by atoms with van der Waals surface area (Å²) < 4.78 is 16.2. The first kappa shape index (κ1) is 18.9. The van der Waals surface area contributed by atoms with E-state index in [0.717, 1.165) is 35.4 Å². The Morgan fingerprint density at radius 2 is 2.11 bits per heavy atom. The molecule has 0 amide bonds. The van der Waals surface area contributed by atoms with Gasteiger partial charge in [0.15, 0.2) is 5.82 Å².